The average molecular weight is 126 g/mol. The summed E-state index contributed by atoms with van der Waals surface area (Å²) in [5, 5.41) is 9.28. The Morgan fingerprint density at radius 1 is 1.56 bits per heavy atom. The smallest absolute Gasteiger partial charge is 0.0608 e. The van der Waals surface area contributed by atoms with Crippen molar-refractivity contribution in [1.82, 2.24) is 0 Å². The van der Waals surface area contributed by atoms with Crippen LogP contribution in [0.5, 0.6) is 0 Å². The lowest BCUT2D eigenvalue weighted by Gasteiger charge is -2.11. The minimum Gasteiger partial charge on any atom is -0.392 e. The summed E-state index contributed by atoms with van der Waals surface area (Å²) in [6.07, 6.45) is 0.676. The molecule has 1 aliphatic rings. The minimum absolute atomic E-state index is 0.132. The Morgan fingerprint density at radius 2 is 2.11 bits per heavy atom. The lowest BCUT2D eigenvalue weighted by molar-refractivity contribution is 0.130. The second kappa shape index (κ2) is 2.14. The Kier molecular flexibility index (Phi) is 1.62. The molecule has 1 aliphatic carbocycles. The zero-order valence-electron chi connectivity index (χ0n) is 6.09. The van der Waals surface area contributed by atoms with E-state index < -0.39 is 0 Å². The summed E-state index contributed by atoms with van der Waals surface area (Å²) in [6, 6.07) is 0. The predicted molar refractivity (Wildman–Crippen MR) is 38.1 cm³/mol. The van der Waals surface area contributed by atoms with Gasteiger partial charge in [0.2, 0.25) is 0 Å². The van der Waals surface area contributed by atoms with Gasteiger partial charge >= 0.3 is 0 Å². The number of aliphatic hydroxyl groups is 1. The van der Waals surface area contributed by atoms with Crippen LogP contribution in [0.4, 0.5) is 0 Å². The molecule has 0 saturated heterocycles. The van der Waals surface area contributed by atoms with Crippen molar-refractivity contribution in [2.45, 2.75) is 26.4 Å². The summed E-state index contributed by atoms with van der Waals surface area (Å²) in [5.74, 6) is 0.928. The van der Waals surface area contributed by atoms with Crippen molar-refractivity contribution in [2.24, 2.45) is 11.8 Å². The quantitative estimate of drug-likeness (QED) is 0.488. The maximum absolute atomic E-state index is 9.28. The fourth-order valence-corrected chi connectivity index (χ4v) is 1.35. The van der Waals surface area contributed by atoms with Crippen molar-refractivity contribution in [3.8, 4) is 0 Å². The van der Waals surface area contributed by atoms with E-state index in [9.17, 15) is 5.11 Å². The van der Waals surface area contributed by atoms with Gasteiger partial charge in [-0.25, -0.2) is 0 Å². The predicted octanol–water partition coefficient (Wildman–Crippen LogP) is 1.58. The summed E-state index contributed by atoms with van der Waals surface area (Å²) in [6.45, 7) is 8.08. The van der Waals surface area contributed by atoms with Gasteiger partial charge in [0, 0.05) is 0 Å². The molecule has 0 bridgehead atoms. The van der Waals surface area contributed by atoms with E-state index in [-0.39, 0.29) is 6.10 Å². The third kappa shape index (κ3) is 1.01. The largest absolute Gasteiger partial charge is 0.392 e. The topological polar surface area (TPSA) is 20.2 Å². The van der Waals surface area contributed by atoms with Crippen molar-refractivity contribution < 1.29 is 5.11 Å². The standard InChI is InChI=1S/C8H14O/c1-5-4-8(9)7(3)6(5)2/h6-9H,1,4H2,2-3H3. The molecule has 0 aromatic rings. The third-order valence-electron chi connectivity index (χ3n) is 2.51. The first-order valence-electron chi connectivity index (χ1n) is 3.48. The van der Waals surface area contributed by atoms with Crippen LogP contribution in [0.2, 0.25) is 0 Å². The van der Waals surface area contributed by atoms with Gasteiger partial charge in [-0.05, 0) is 18.3 Å². The first kappa shape index (κ1) is 6.81. The molecule has 3 unspecified atom stereocenters. The minimum atomic E-state index is -0.132. The highest BCUT2D eigenvalue weighted by molar-refractivity contribution is 5.10. The summed E-state index contributed by atoms with van der Waals surface area (Å²) < 4.78 is 0. The Balaban J connectivity index is 2.65. The summed E-state index contributed by atoms with van der Waals surface area (Å²) in [7, 11) is 0. The molecular formula is C8H14O. The monoisotopic (exact) mass is 126 g/mol. The van der Waals surface area contributed by atoms with E-state index in [4.69, 9.17) is 0 Å². The van der Waals surface area contributed by atoms with E-state index in [1.165, 1.54) is 5.57 Å². The van der Waals surface area contributed by atoms with E-state index >= 15 is 0 Å². The number of aliphatic hydroxyl groups excluding tert-OH is 1. The molecule has 0 amide bonds. The highest BCUT2D eigenvalue weighted by atomic mass is 16.3. The maximum Gasteiger partial charge on any atom is 0.0608 e. The molecule has 3 atom stereocenters. The highest BCUT2D eigenvalue weighted by Crippen LogP contribution is 2.34. The van der Waals surface area contributed by atoms with E-state index in [2.05, 4.69) is 20.4 Å². The molecule has 1 N–H and O–H groups in total. The van der Waals surface area contributed by atoms with Crippen LogP contribution in [0.3, 0.4) is 0 Å². The van der Waals surface area contributed by atoms with Crippen LogP contribution in [0.15, 0.2) is 12.2 Å². The van der Waals surface area contributed by atoms with Crippen molar-refractivity contribution in [3.63, 3.8) is 0 Å². The van der Waals surface area contributed by atoms with Gasteiger partial charge in [-0.3, -0.25) is 0 Å². The van der Waals surface area contributed by atoms with E-state index in [0.717, 1.165) is 6.42 Å². The molecule has 0 heterocycles. The first-order chi connectivity index (χ1) is 4.13. The van der Waals surface area contributed by atoms with Gasteiger partial charge in [0.1, 0.15) is 0 Å². The molecule has 1 nitrogen and oxygen atoms in total. The number of hydrogen-bond acceptors (Lipinski definition) is 1. The van der Waals surface area contributed by atoms with Gasteiger partial charge in [0.05, 0.1) is 6.10 Å². The molecule has 52 valence electrons. The van der Waals surface area contributed by atoms with Crippen LogP contribution in [-0.4, -0.2) is 11.2 Å². The van der Waals surface area contributed by atoms with Crippen LogP contribution < -0.4 is 0 Å². The fraction of sp³-hybridized carbons (Fsp3) is 0.750. The van der Waals surface area contributed by atoms with Crippen LogP contribution in [0, 0.1) is 11.8 Å². The molecule has 1 heteroatoms. The van der Waals surface area contributed by atoms with Crippen molar-refractivity contribution in [3.05, 3.63) is 12.2 Å². The molecule has 0 radical (unpaired) electrons. The first-order valence-corrected chi connectivity index (χ1v) is 3.48. The van der Waals surface area contributed by atoms with Gasteiger partial charge in [-0.1, -0.05) is 26.0 Å². The Bertz CT molecular complexity index is 129. The van der Waals surface area contributed by atoms with E-state index in [0.29, 0.717) is 11.8 Å². The molecule has 0 aliphatic heterocycles. The number of hydrogen-bond donors (Lipinski definition) is 1. The highest BCUT2D eigenvalue weighted by Gasteiger charge is 2.30. The summed E-state index contributed by atoms with van der Waals surface area (Å²) in [5.41, 5.74) is 1.20. The van der Waals surface area contributed by atoms with Crippen molar-refractivity contribution in [2.75, 3.05) is 0 Å². The van der Waals surface area contributed by atoms with Crippen molar-refractivity contribution in [1.29, 1.82) is 0 Å². The van der Waals surface area contributed by atoms with Crippen LogP contribution in [-0.2, 0) is 0 Å². The molecule has 0 spiro atoms. The second-order valence-electron chi connectivity index (χ2n) is 3.08. The molecule has 1 rings (SSSR count). The van der Waals surface area contributed by atoms with Crippen molar-refractivity contribution >= 4 is 0 Å². The molecule has 1 saturated carbocycles. The van der Waals surface area contributed by atoms with E-state index in [1.54, 1.807) is 0 Å². The van der Waals surface area contributed by atoms with Crippen LogP contribution in [0.25, 0.3) is 0 Å². The van der Waals surface area contributed by atoms with Gasteiger partial charge < -0.3 is 5.11 Å². The molecular weight excluding hydrogens is 112 g/mol. The average Bonchev–Trinajstić information content (AvgIpc) is 1.98. The van der Waals surface area contributed by atoms with Gasteiger partial charge in [0.15, 0.2) is 0 Å². The Morgan fingerprint density at radius 3 is 2.22 bits per heavy atom. The van der Waals surface area contributed by atoms with Gasteiger partial charge in [-0.15, -0.1) is 0 Å². The third-order valence-corrected chi connectivity index (χ3v) is 2.51. The zero-order valence-corrected chi connectivity index (χ0v) is 6.09. The lowest BCUT2D eigenvalue weighted by Crippen LogP contribution is -2.12. The lowest BCUT2D eigenvalue weighted by atomic mass is 9.97. The fourth-order valence-electron chi connectivity index (χ4n) is 1.35. The summed E-state index contributed by atoms with van der Waals surface area (Å²) >= 11 is 0. The SMILES string of the molecule is C=C1CC(O)C(C)C1C. The van der Waals surface area contributed by atoms with Crippen LogP contribution >= 0.6 is 0 Å². The molecule has 1 fully saturated rings. The summed E-state index contributed by atoms with van der Waals surface area (Å²) in [4.78, 5) is 0. The van der Waals surface area contributed by atoms with E-state index in [1.807, 2.05) is 0 Å². The number of rotatable bonds is 0. The second-order valence-corrected chi connectivity index (χ2v) is 3.08. The zero-order chi connectivity index (χ0) is 7.02. The van der Waals surface area contributed by atoms with Crippen LogP contribution in [0.1, 0.15) is 20.3 Å². The maximum atomic E-state index is 9.28. The normalized spacial score (nSPS) is 43.9. The Hall–Kier alpha value is -0.300. The molecule has 0 aromatic carbocycles. The van der Waals surface area contributed by atoms with Gasteiger partial charge in [0.25, 0.3) is 0 Å². The Labute approximate surface area is 56.4 Å². The van der Waals surface area contributed by atoms with Gasteiger partial charge in [-0.2, -0.15) is 0 Å². The molecule has 0 aromatic heterocycles. The molecule has 9 heavy (non-hydrogen) atoms.